The van der Waals surface area contributed by atoms with Gasteiger partial charge in [-0.05, 0) is 31.2 Å². The lowest BCUT2D eigenvalue weighted by molar-refractivity contribution is -0.268. The number of hydrogen-bond donors (Lipinski definition) is 3. The summed E-state index contributed by atoms with van der Waals surface area (Å²) in [6.45, 7) is 1.52. The third kappa shape index (κ3) is 4.30. The molecular formula is C25H28O11. The molecule has 36 heavy (non-hydrogen) atoms. The van der Waals surface area contributed by atoms with Crippen molar-refractivity contribution in [3.8, 4) is 40.1 Å². The second-order valence-corrected chi connectivity index (χ2v) is 8.14. The molecule has 1 aromatic heterocycles. The summed E-state index contributed by atoms with van der Waals surface area (Å²) in [5.41, 5.74) is 0.162. The molecule has 1 fully saturated rings. The van der Waals surface area contributed by atoms with Gasteiger partial charge < -0.3 is 48.2 Å². The molecule has 194 valence electrons. The van der Waals surface area contributed by atoms with Crippen LogP contribution in [0.15, 0.2) is 39.5 Å². The highest BCUT2D eigenvalue weighted by atomic mass is 16.7. The summed E-state index contributed by atoms with van der Waals surface area (Å²) in [4.78, 5) is 13.6. The van der Waals surface area contributed by atoms with Crippen LogP contribution < -0.4 is 29.1 Å². The maximum Gasteiger partial charge on any atom is 0.239 e. The van der Waals surface area contributed by atoms with Crippen LogP contribution in [0.1, 0.15) is 6.92 Å². The standard InChI is InChI=1S/C25H28O11/c1-11-17(26)19(28)20(29)25(34-11)36-22-15(31-3)10-14-16(23(22)32-4)18(27)24(33-5)21(35-14)12-6-8-13(30-2)9-7-12/h6-11,17,19-20,25-26,28-29H,1-5H3/t11-,17-,19+,20+,25-/m0/s1. The average Bonchev–Trinajstić information content (AvgIpc) is 2.90. The van der Waals surface area contributed by atoms with Crippen molar-refractivity contribution in [2.45, 2.75) is 37.6 Å². The number of benzene rings is 2. The van der Waals surface area contributed by atoms with Gasteiger partial charge in [0.2, 0.25) is 23.2 Å². The normalized spacial score (nSPS) is 23.8. The molecule has 0 bridgehead atoms. The second-order valence-electron chi connectivity index (χ2n) is 8.14. The number of aliphatic hydroxyl groups is 3. The van der Waals surface area contributed by atoms with E-state index in [1.165, 1.54) is 34.3 Å². The van der Waals surface area contributed by atoms with E-state index in [-0.39, 0.29) is 39.7 Å². The van der Waals surface area contributed by atoms with E-state index in [0.29, 0.717) is 11.3 Å². The van der Waals surface area contributed by atoms with E-state index in [1.807, 2.05) is 0 Å². The SMILES string of the molecule is COc1ccc(-c2oc3cc(OC)c(O[C@@H]4O[C@@H](C)[C@H](O)[C@@H](O)[C@H]4O)c(OC)c3c(=O)c2OC)cc1. The van der Waals surface area contributed by atoms with Crippen molar-refractivity contribution in [3.63, 3.8) is 0 Å². The van der Waals surface area contributed by atoms with Gasteiger partial charge in [0.25, 0.3) is 0 Å². The Bertz CT molecular complexity index is 1280. The minimum absolute atomic E-state index is 0.00124. The molecule has 1 saturated heterocycles. The monoisotopic (exact) mass is 504 g/mol. The van der Waals surface area contributed by atoms with E-state index in [9.17, 15) is 20.1 Å². The molecule has 0 amide bonds. The van der Waals surface area contributed by atoms with Crippen LogP contribution in [0, 0.1) is 0 Å². The Balaban J connectivity index is 1.89. The highest BCUT2D eigenvalue weighted by Crippen LogP contribution is 2.45. The molecule has 0 saturated carbocycles. The van der Waals surface area contributed by atoms with Crippen LogP contribution in [0.25, 0.3) is 22.3 Å². The molecule has 3 aromatic rings. The maximum atomic E-state index is 13.6. The Labute approximate surface area is 206 Å². The van der Waals surface area contributed by atoms with Crippen molar-refractivity contribution < 1.29 is 48.2 Å². The molecule has 1 aliphatic rings. The molecule has 4 rings (SSSR count). The zero-order valence-corrected chi connectivity index (χ0v) is 20.4. The zero-order valence-electron chi connectivity index (χ0n) is 20.4. The smallest absolute Gasteiger partial charge is 0.239 e. The molecule has 0 radical (unpaired) electrons. The zero-order chi connectivity index (χ0) is 26.1. The minimum Gasteiger partial charge on any atom is -0.497 e. The number of aliphatic hydroxyl groups excluding tert-OH is 3. The Morgan fingerprint density at radius 3 is 2.06 bits per heavy atom. The molecule has 1 aliphatic heterocycles. The van der Waals surface area contributed by atoms with Crippen molar-refractivity contribution in [2.75, 3.05) is 28.4 Å². The van der Waals surface area contributed by atoms with Crippen LogP contribution in [0.4, 0.5) is 0 Å². The fourth-order valence-corrected chi connectivity index (χ4v) is 4.07. The van der Waals surface area contributed by atoms with Gasteiger partial charge in [0, 0.05) is 11.6 Å². The molecule has 2 aromatic carbocycles. The summed E-state index contributed by atoms with van der Waals surface area (Å²) >= 11 is 0. The topological polar surface area (TPSA) is 146 Å². The Kier molecular flexibility index (Phi) is 7.27. The Morgan fingerprint density at radius 2 is 1.47 bits per heavy atom. The van der Waals surface area contributed by atoms with Gasteiger partial charge in [0.15, 0.2) is 17.3 Å². The van der Waals surface area contributed by atoms with Crippen LogP contribution in [-0.2, 0) is 4.74 Å². The highest BCUT2D eigenvalue weighted by molar-refractivity contribution is 5.91. The predicted octanol–water partition coefficient (Wildman–Crippen LogP) is 1.70. The lowest BCUT2D eigenvalue weighted by atomic mass is 10.00. The van der Waals surface area contributed by atoms with Crippen molar-refractivity contribution in [2.24, 2.45) is 0 Å². The number of fused-ring (bicyclic) bond motifs is 1. The van der Waals surface area contributed by atoms with Crippen LogP contribution in [0.5, 0.6) is 28.7 Å². The van der Waals surface area contributed by atoms with Crippen molar-refractivity contribution in [1.82, 2.24) is 0 Å². The van der Waals surface area contributed by atoms with Gasteiger partial charge in [-0.25, -0.2) is 0 Å². The van der Waals surface area contributed by atoms with Crippen LogP contribution in [0.3, 0.4) is 0 Å². The van der Waals surface area contributed by atoms with Gasteiger partial charge in [-0.1, -0.05) is 0 Å². The number of ether oxygens (including phenoxy) is 6. The first kappa shape index (κ1) is 25.6. The van der Waals surface area contributed by atoms with Gasteiger partial charge in [0.1, 0.15) is 35.0 Å². The van der Waals surface area contributed by atoms with Crippen LogP contribution in [-0.4, -0.2) is 74.5 Å². The first-order valence-electron chi connectivity index (χ1n) is 11.1. The van der Waals surface area contributed by atoms with E-state index < -0.39 is 36.1 Å². The van der Waals surface area contributed by atoms with Crippen molar-refractivity contribution in [3.05, 3.63) is 40.6 Å². The van der Waals surface area contributed by atoms with Gasteiger partial charge in [-0.15, -0.1) is 0 Å². The lowest BCUT2D eigenvalue weighted by Crippen LogP contribution is -2.58. The summed E-state index contributed by atoms with van der Waals surface area (Å²) in [7, 11) is 5.59. The van der Waals surface area contributed by atoms with E-state index in [4.69, 9.17) is 32.8 Å². The summed E-state index contributed by atoms with van der Waals surface area (Å²) in [6, 6.07) is 8.32. The third-order valence-electron chi connectivity index (χ3n) is 6.04. The van der Waals surface area contributed by atoms with Gasteiger partial charge in [-0.3, -0.25) is 4.79 Å². The van der Waals surface area contributed by atoms with E-state index in [1.54, 1.807) is 31.4 Å². The Morgan fingerprint density at radius 1 is 0.806 bits per heavy atom. The molecule has 2 heterocycles. The quantitative estimate of drug-likeness (QED) is 0.432. The summed E-state index contributed by atoms with van der Waals surface area (Å²) in [5, 5.41) is 30.5. The summed E-state index contributed by atoms with van der Waals surface area (Å²) < 4.78 is 39.1. The molecule has 11 nitrogen and oxygen atoms in total. The van der Waals surface area contributed by atoms with Crippen LogP contribution >= 0.6 is 0 Å². The number of methoxy groups -OCH3 is 4. The van der Waals surface area contributed by atoms with E-state index in [0.717, 1.165) is 0 Å². The molecule has 0 spiro atoms. The molecule has 0 unspecified atom stereocenters. The first-order chi connectivity index (χ1) is 17.2. The van der Waals surface area contributed by atoms with Gasteiger partial charge in [-0.2, -0.15) is 0 Å². The van der Waals surface area contributed by atoms with Gasteiger partial charge >= 0.3 is 0 Å². The van der Waals surface area contributed by atoms with Crippen molar-refractivity contribution >= 4 is 11.0 Å². The molecule has 0 aliphatic carbocycles. The Hall–Kier alpha value is -3.51. The number of hydrogen-bond acceptors (Lipinski definition) is 11. The fraction of sp³-hybridized carbons (Fsp3) is 0.400. The van der Waals surface area contributed by atoms with E-state index in [2.05, 4.69) is 0 Å². The second kappa shape index (κ2) is 10.2. The summed E-state index contributed by atoms with van der Waals surface area (Å²) in [5.74, 6) is 0.735. The molecular weight excluding hydrogens is 476 g/mol. The highest BCUT2D eigenvalue weighted by Gasteiger charge is 2.44. The maximum absolute atomic E-state index is 13.6. The predicted molar refractivity (Wildman–Crippen MR) is 127 cm³/mol. The van der Waals surface area contributed by atoms with Crippen molar-refractivity contribution in [1.29, 1.82) is 0 Å². The van der Waals surface area contributed by atoms with Gasteiger partial charge in [0.05, 0.1) is 34.5 Å². The fourth-order valence-electron chi connectivity index (χ4n) is 4.07. The molecule has 5 atom stereocenters. The molecule has 11 heteroatoms. The first-order valence-corrected chi connectivity index (χ1v) is 11.1. The number of rotatable bonds is 7. The third-order valence-corrected chi connectivity index (χ3v) is 6.04. The minimum atomic E-state index is -1.59. The lowest BCUT2D eigenvalue weighted by Gasteiger charge is -2.39. The molecule has 3 N–H and O–H groups in total. The van der Waals surface area contributed by atoms with E-state index >= 15 is 0 Å². The summed E-state index contributed by atoms with van der Waals surface area (Å²) in [6.07, 6.45) is -6.67. The average molecular weight is 504 g/mol. The van der Waals surface area contributed by atoms with Crippen LogP contribution in [0.2, 0.25) is 0 Å². The largest absolute Gasteiger partial charge is 0.497 e.